The van der Waals surface area contributed by atoms with Gasteiger partial charge in [0, 0.05) is 0 Å². The highest BCUT2D eigenvalue weighted by molar-refractivity contribution is 5.19. The Kier molecular flexibility index (Phi) is 3.09. The molecule has 0 bridgehead atoms. The molecule has 2 aliphatic carbocycles. The fourth-order valence-electron chi connectivity index (χ4n) is 3.30. The van der Waals surface area contributed by atoms with Crippen LogP contribution in [0.1, 0.15) is 58.1 Å². The summed E-state index contributed by atoms with van der Waals surface area (Å²) in [6.07, 6.45) is 8.44. The summed E-state index contributed by atoms with van der Waals surface area (Å²) >= 11 is 0. The molecule has 0 saturated heterocycles. The van der Waals surface area contributed by atoms with Gasteiger partial charge in [0.2, 0.25) is 0 Å². The highest BCUT2D eigenvalue weighted by atomic mass is 15.5. The van der Waals surface area contributed by atoms with E-state index < -0.39 is 11.1 Å². The number of rotatable bonds is 3. The number of hydrogen-bond donors (Lipinski definition) is 1. The van der Waals surface area contributed by atoms with Crippen molar-refractivity contribution in [3.8, 4) is 6.07 Å². The van der Waals surface area contributed by atoms with Crippen molar-refractivity contribution in [3.05, 3.63) is 11.9 Å². The summed E-state index contributed by atoms with van der Waals surface area (Å²) < 4.78 is 1.72. The first-order valence-corrected chi connectivity index (χ1v) is 7.61. The van der Waals surface area contributed by atoms with E-state index in [-0.39, 0.29) is 0 Å². The van der Waals surface area contributed by atoms with E-state index in [0.717, 1.165) is 37.3 Å². The molecule has 5 nitrogen and oxygen atoms in total. The fourth-order valence-corrected chi connectivity index (χ4v) is 3.30. The van der Waals surface area contributed by atoms with Gasteiger partial charge in [0.05, 0.1) is 17.8 Å². The van der Waals surface area contributed by atoms with Gasteiger partial charge in [0.1, 0.15) is 5.69 Å². The van der Waals surface area contributed by atoms with Gasteiger partial charge in [-0.1, -0.05) is 25.0 Å². The third-order valence-corrected chi connectivity index (χ3v) is 5.28. The van der Waals surface area contributed by atoms with Crippen LogP contribution in [-0.2, 0) is 11.1 Å². The lowest BCUT2D eigenvalue weighted by atomic mass is 9.72. The number of aromatic nitrogens is 3. The molecule has 108 valence electrons. The molecule has 1 aromatic rings. The number of nitrogens with zero attached hydrogens (tertiary/aromatic N) is 4. The molecular weight excluding hydrogens is 250 g/mol. The van der Waals surface area contributed by atoms with E-state index in [0.29, 0.717) is 5.92 Å². The lowest BCUT2D eigenvalue weighted by Crippen LogP contribution is -2.43. The highest BCUT2D eigenvalue weighted by Gasteiger charge is 2.47. The quantitative estimate of drug-likeness (QED) is 0.916. The molecule has 0 spiro atoms. The highest BCUT2D eigenvalue weighted by Crippen LogP contribution is 2.43. The first kappa shape index (κ1) is 13.6. The summed E-state index contributed by atoms with van der Waals surface area (Å²) in [7, 11) is 0. The average molecular weight is 273 g/mol. The zero-order valence-electron chi connectivity index (χ0n) is 12.3. The number of nitrogens with two attached hydrogens (primary N) is 1. The molecule has 1 aromatic heterocycles. The third-order valence-electron chi connectivity index (χ3n) is 5.28. The summed E-state index contributed by atoms with van der Waals surface area (Å²) in [6.45, 7) is 4.37. The van der Waals surface area contributed by atoms with Gasteiger partial charge in [0.15, 0.2) is 5.54 Å². The minimum atomic E-state index is -0.442. The SMILES string of the molecule is CC1CCC([C@](C)(N)c2cn(C3(C#N)CC3)nn2)CC1. The summed E-state index contributed by atoms with van der Waals surface area (Å²) in [5.74, 6) is 1.27. The zero-order chi connectivity index (χ0) is 14.4. The number of hydrogen-bond acceptors (Lipinski definition) is 4. The first-order valence-electron chi connectivity index (χ1n) is 7.61. The molecule has 3 rings (SSSR count). The molecular formula is C15H23N5. The Bertz CT molecular complexity index is 527. The van der Waals surface area contributed by atoms with Crippen molar-refractivity contribution in [2.24, 2.45) is 17.6 Å². The molecule has 0 amide bonds. The minimum absolute atomic E-state index is 0.441. The average Bonchev–Trinajstić information content (AvgIpc) is 3.07. The van der Waals surface area contributed by atoms with Crippen LogP contribution in [0, 0.1) is 23.2 Å². The molecule has 0 aromatic carbocycles. The van der Waals surface area contributed by atoms with Crippen molar-refractivity contribution in [3.63, 3.8) is 0 Å². The van der Waals surface area contributed by atoms with E-state index in [1.807, 2.05) is 6.20 Å². The molecule has 0 aliphatic heterocycles. The van der Waals surface area contributed by atoms with E-state index in [2.05, 4.69) is 30.2 Å². The molecule has 2 fully saturated rings. The third kappa shape index (κ3) is 2.12. The standard InChI is InChI=1S/C15H23N5/c1-11-3-5-12(6-4-11)14(2,17)13-9-20(19-18-13)15(10-16)7-8-15/h9,11-12H,3-8,17H2,1-2H3/t11?,12?,14-/m0/s1. The van der Waals surface area contributed by atoms with Crippen molar-refractivity contribution >= 4 is 0 Å². The minimum Gasteiger partial charge on any atom is -0.320 e. The predicted octanol–water partition coefficient (Wildman–Crippen LogP) is 2.29. The number of nitriles is 1. The monoisotopic (exact) mass is 273 g/mol. The fraction of sp³-hybridized carbons (Fsp3) is 0.800. The second-order valence-electron chi connectivity index (χ2n) is 6.93. The van der Waals surface area contributed by atoms with Crippen molar-refractivity contribution in [2.45, 2.75) is 63.5 Å². The van der Waals surface area contributed by atoms with Gasteiger partial charge in [-0.2, -0.15) is 5.26 Å². The van der Waals surface area contributed by atoms with Crippen molar-refractivity contribution in [2.75, 3.05) is 0 Å². The molecule has 2 saturated carbocycles. The van der Waals surface area contributed by atoms with Gasteiger partial charge in [-0.15, -0.1) is 5.10 Å². The first-order chi connectivity index (χ1) is 9.48. The maximum absolute atomic E-state index is 9.23. The van der Waals surface area contributed by atoms with Gasteiger partial charge in [0.25, 0.3) is 0 Å². The summed E-state index contributed by atoms with van der Waals surface area (Å²) in [6, 6.07) is 2.34. The van der Waals surface area contributed by atoms with E-state index >= 15 is 0 Å². The molecule has 1 atom stereocenters. The van der Waals surface area contributed by atoms with Crippen LogP contribution in [0.2, 0.25) is 0 Å². The van der Waals surface area contributed by atoms with Crippen molar-refractivity contribution in [1.82, 2.24) is 15.0 Å². The summed E-state index contributed by atoms with van der Waals surface area (Å²) in [5, 5.41) is 17.7. The normalized spacial score (nSPS) is 31.3. The van der Waals surface area contributed by atoms with E-state index in [9.17, 15) is 5.26 Å². The van der Waals surface area contributed by atoms with Crippen LogP contribution < -0.4 is 5.73 Å². The maximum atomic E-state index is 9.23. The van der Waals surface area contributed by atoms with E-state index in [4.69, 9.17) is 5.73 Å². The lowest BCUT2D eigenvalue weighted by molar-refractivity contribution is 0.189. The smallest absolute Gasteiger partial charge is 0.150 e. The van der Waals surface area contributed by atoms with Gasteiger partial charge >= 0.3 is 0 Å². The molecule has 2 aliphatic rings. The second kappa shape index (κ2) is 4.56. The van der Waals surface area contributed by atoms with Gasteiger partial charge in [-0.05, 0) is 44.4 Å². The lowest BCUT2D eigenvalue weighted by Gasteiger charge is -2.37. The zero-order valence-corrected chi connectivity index (χ0v) is 12.3. The van der Waals surface area contributed by atoms with Crippen LogP contribution in [0.3, 0.4) is 0 Å². The topological polar surface area (TPSA) is 80.5 Å². The molecule has 0 radical (unpaired) electrons. The van der Waals surface area contributed by atoms with Crippen LogP contribution in [0.4, 0.5) is 0 Å². The Hall–Kier alpha value is -1.41. The van der Waals surface area contributed by atoms with Crippen molar-refractivity contribution < 1.29 is 0 Å². The molecule has 2 N–H and O–H groups in total. The second-order valence-corrected chi connectivity index (χ2v) is 6.93. The van der Waals surface area contributed by atoms with E-state index in [1.54, 1.807) is 4.68 Å². The Morgan fingerprint density at radius 2 is 2.05 bits per heavy atom. The van der Waals surface area contributed by atoms with Gasteiger partial charge in [-0.3, -0.25) is 0 Å². The molecule has 20 heavy (non-hydrogen) atoms. The Morgan fingerprint density at radius 1 is 1.40 bits per heavy atom. The van der Waals surface area contributed by atoms with E-state index in [1.165, 1.54) is 12.8 Å². The molecule has 5 heteroatoms. The summed E-state index contributed by atoms with van der Waals surface area (Å²) in [4.78, 5) is 0. The molecule has 0 unspecified atom stereocenters. The van der Waals surface area contributed by atoms with Crippen LogP contribution >= 0.6 is 0 Å². The maximum Gasteiger partial charge on any atom is 0.150 e. The molecule has 1 heterocycles. The largest absolute Gasteiger partial charge is 0.320 e. The van der Waals surface area contributed by atoms with Crippen LogP contribution in [-0.4, -0.2) is 15.0 Å². The van der Waals surface area contributed by atoms with Crippen molar-refractivity contribution in [1.29, 1.82) is 5.26 Å². The van der Waals surface area contributed by atoms with Gasteiger partial charge in [-0.25, -0.2) is 4.68 Å². The van der Waals surface area contributed by atoms with Crippen LogP contribution in [0.25, 0.3) is 0 Å². The van der Waals surface area contributed by atoms with Gasteiger partial charge < -0.3 is 5.73 Å². The summed E-state index contributed by atoms with van der Waals surface area (Å²) in [5.41, 5.74) is 6.53. The van der Waals surface area contributed by atoms with Crippen LogP contribution in [0.15, 0.2) is 6.20 Å². The van der Waals surface area contributed by atoms with Crippen LogP contribution in [0.5, 0.6) is 0 Å². The Labute approximate surface area is 120 Å². The predicted molar refractivity (Wildman–Crippen MR) is 75.5 cm³/mol. The Balaban J connectivity index is 1.80. The Morgan fingerprint density at radius 3 is 2.60 bits per heavy atom.